The molecule has 0 N–H and O–H groups in total. The second-order valence-corrected chi connectivity index (χ2v) is 7.96. The van der Waals surface area contributed by atoms with Gasteiger partial charge < -0.3 is 18.9 Å². The summed E-state index contributed by atoms with van der Waals surface area (Å²) in [4.78, 5) is 18.6. The van der Waals surface area contributed by atoms with Gasteiger partial charge in [-0.1, -0.05) is 48.2 Å². The Morgan fingerprint density at radius 2 is 1.48 bits per heavy atom. The summed E-state index contributed by atoms with van der Waals surface area (Å²) in [6.45, 7) is 0. The van der Waals surface area contributed by atoms with Crippen LogP contribution in [0.4, 0.5) is 0 Å². The highest BCUT2D eigenvalue weighted by atomic mass is 32.2. The number of para-hydroxylation sites is 2. The highest BCUT2D eigenvalue weighted by Gasteiger charge is 2.22. The van der Waals surface area contributed by atoms with E-state index in [1.165, 1.54) is 33.1 Å². The van der Waals surface area contributed by atoms with Gasteiger partial charge in [0.15, 0.2) is 16.7 Å². The molecule has 1 heterocycles. The maximum atomic E-state index is 13.8. The van der Waals surface area contributed by atoms with Crippen LogP contribution in [-0.2, 0) is 5.75 Å². The first-order chi connectivity index (χ1) is 16.1. The average molecular weight is 465 g/mol. The Balaban J connectivity index is 1.96. The lowest BCUT2D eigenvalue weighted by Crippen LogP contribution is -2.22. The first-order valence-electron chi connectivity index (χ1n) is 10.2. The molecule has 0 aliphatic rings. The minimum absolute atomic E-state index is 0.229. The van der Waals surface area contributed by atoms with Gasteiger partial charge in [-0.25, -0.2) is 4.98 Å². The molecule has 4 aromatic rings. The number of rotatable bonds is 8. The topological polar surface area (TPSA) is 71.8 Å². The first kappa shape index (κ1) is 22.5. The molecule has 170 valence electrons. The van der Waals surface area contributed by atoms with Gasteiger partial charge in [0.2, 0.25) is 5.75 Å². The van der Waals surface area contributed by atoms with E-state index in [4.69, 9.17) is 23.9 Å². The van der Waals surface area contributed by atoms with Gasteiger partial charge in [-0.3, -0.25) is 9.36 Å². The van der Waals surface area contributed by atoms with Crippen molar-refractivity contribution in [2.45, 2.75) is 10.9 Å². The van der Waals surface area contributed by atoms with E-state index in [-0.39, 0.29) is 5.56 Å². The average Bonchev–Trinajstić information content (AvgIpc) is 2.87. The number of fused-ring (bicyclic) bond motifs is 1. The minimum atomic E-state index is -0.229. The van der Waals surface area contributed by atoms with Gasteiger partial charge in [-0.2, -0.15) is 0 Å². The van der Waals surface area contributed by atoms with Crippen LogP contribution in [-0.4, -0.2) is 38.0 Å². The first-order valence-corrected chi connectivity index (χ1v) is 11.2. The van der Waals surface area contributed by atoms with E-state index in [1.54, 1.807) is 17.7 Å². The van der Waals surface area contributed by atoms with Crippen LogP contribution in [0, 0.1) is 0 Å². The predicted octanol–water partition coefficient (Wildman–Crippen LogP) is 4.71. The zero-order valence-corrected chi connectivity index (χ0v) is 19.6. The smallest absolute Gasteiger partial charge is 0.266 e. The fourth-order valence-corrected chi connectivity index (χ4v) is 4.63. The second-order valence-electron chi connectivity index (χ2n) is 7.01. The summed E-state index contributed by atoms with van der Waals surface area (Å²) in [7, 11) is 6.20. The van der Waals surface area contributed by atoms with Crippen LogP contribution in [0.3, 0.4) is 0 Å². The maximum Gasteiger partial charge on any atom is 0.266 e. The van der Waals surface area contributed by atoms with E-state index in [0.29, 0.717) is 44.7 Å². The van der Waals surface area contributed by atoms with E-state index in [2.05, 4.69) is 0 Å². The largest absolute Gasteiger partial charge is 0.496 e. The molecule has 0 saturated carbocycles. The molecule has 0 amide bonds. The predicted molar refractivity (Wildman–Crippen MR) is 130 cm³/mol. The van der Waals surface area contributed by atoms with Crippen LogP contribution in [0.15, 0.2) is 70.6 Å². The Bertz CT molecular complexity index is 1340. The van der Waals surface area contributed by atoms with Gasteiger partial charge in [-0.05, 0) is 24.3 Å². The number of ether oxygens (including phenoxy) is 4. The van der Waals surface area contributed by atoms with Crippen molar-refractivity contribution in [1.82, 2.24) is 9.55 Å². The third kappa shape index (κ3) is 4.21. The quantitative estimate of drug-likeness (QED) is 0.276. The number of hydrogen-bond acceptors (Lipinski definition) is 7. The van der Waals surface area contributed by atoms with Crippen LogP contribution in [0.1, 0.15) is 5.56 Å². The van der Waals surface area contributed by atoms with Crippen molar-refractivity contribution >= 4 is 22.7 Å². The molecule has 4 rings (SSSR count). The number of benzene rings is 3. The maximum absolute atomic E-state index is 13.8. The molecule has 8 heteroatoms. The molecule has 0 fully saturated rings. The minimum Gasteiger partial charge on any atom is -0.496 e. The highest BCUT2D eigenvalue weighted by molar-refractivity contribution is 7.98. The van der Waals surface area contributed by atoms with E-state index in [0.717, 1.165) is 11.3 Å². The number of thioether (sulfide) groups is 1. The van der Waals surface area contributed by atoms with Crippen molar-refractivity contribution in [3.63, 3.8) is 0 Å². The van der Waals surface area contributed by atoms with Crippen LogP contribution < -0.4 is 24.5 Å². The normalized spacial score (nSPS) is 10.8. The van der Waals surface area contributed by atoms with Crippen LogP contribution >= 0.6 is 11.8 Å². The lowest BCUT2D eigenvalue weighted by atomic mass is 10.2. The van der Waals surface area contributed by atoms with Gasteiger partial charge in [0.05, 0.1) is 39.5 Å². The van der Waals surface area contributed by atoms with Crippen molar-refractivity contribution < 1.29 is 18.9 Å². The SMILES string of the molecule is COc1ccccc1CSc1nc2c(OC)c(OC)c(OC)cc2c(=O)n1-c1ccccc1. The third-order valence-corrected chi connectivity index (χ3v) is 6.19. The van der Waals surface area contributed by atoms with Crippen molar-refractivity contribution in [2.75, 3.05) is 28.4 Å². The van der Waals surface area contributed by atoms with Crippen molar-refractivity contribution in [3.8, 4) is 28.7 Å². The molecule has 3 aromatic carbocycles. The summed E-state index contributed by atoms with van der Waals surface area (Å²) in [6, 6.07) is 18.8. The van der Waals surface area contributed by atoms with E-state index < -0.39 is 0 Å². The van der Waals surface area contributed by atoms with Gasteiger partial charge in [0, 0.05) is 11.3 Å². The fourth-order valence-electron chi connectivity index (χ4n) is 3.63. The Morgan fingerprint density at radius 3 is 2.15 bits per heavy atom. The summed E-state index contributed by atoms with van der Waals surface area (Å²) < 4.78 is 23.6. The zero-order chi connectivity index (χ0) is 23.4. The molecular formula is C25H24N2O5S. The van der Waals surface area contributed by atoms with E-state index in [9.17, 15) is 4.79 Å². The second kappa shape index (κ2) is 9.87. The van der Waals surface area contributed by atoms with Gasteiger partial charge in [0.1, 0.15) is 11.3 Å². The number of aromatic nitrogens is 2. The summed E-state index contributed by atoms with van der Waals surface area (Å²) in [6.07, 6.45) is 0. The van der Waals surface area contributed by atoms with Gasteiger partial charge in [0.25, 0.3) is 5.56 Å². The summed E-state index contributed by atoms with van der Waals surface area (Å²) >= 11 is 1.44. The Labute approximate surface area is 195 Å². The van der Waals surface area contributed by atoms with Crippen molar-refractivity contribution in [1.29, 1.82) is 0 Å². The summed E-state index contributed by atoms with van der Waals surface area (Å²) in [5.74, 6) is 2.48. The molecular weight excluding hydrogens is 440 g/mol. The molecule has 0 aliphatic carbocycles. The molecule has 33 heavy (non-hydrogen) atoms. The molecule has 7 nitrogen and oxygen atoms in total. The molecule has 1 aromatic heterocycles. The van der Waals surface area contributed by atoms with Gasteiger partial charge >= 0.3 is 0 Å². The van der Waals surface area contributed by atoms with Crippen molar-refractivity contribution in [2.24, 2.45) is 0 Å². The lowest BCUT2D eigenvalue weighted by Gasteiger charge is -2.17. The molecule has 0 atom stereocenters. The third-order valence-electron chi connectivity index (χ3n) is 5.20. The monoisotopic (exact) mass is 464 g/mol. The molecule has 0 bridgehead atoms. The standard InChI is InChI=1S/C25H24N2O5S/c1-29-19-13-9-8-10-16(19)15-33-25-26-21-18(14-20(30-2)22(31-3)23(21)32-4)24(28)27(25)17-11-6-5-7-12-17/h5-14H,15H2,1-4H3. The molecule has 0 radical (unpaired) electrons. The van der Waals surface area contributed by atoms with Crippen molar-refractivity contribution in [3.05, 3.63) is 76.6 Å². The fraction of sp³-hybridized carbons (Fsp3) is 0.200. The molecule has 0 aliphatic heterocycles. The van der Waals surface area contributed by atoms with E-state index >= 15 is 0 Å². The number of methoxy groups -OCH3 is 4. The molecule has 0 saturated heterocycles. The van der Waals surface area contributed by atoms with E-state index in [1.807, 2.05) is 54.6 Å². The summed E-state index contributed by atoms with van der Waals surface area (Å²) in [5, 5.41) is 0.894. The molecule has 0 spiro atoms. The van der Waals surface area contributed by atoms with Crippen LogP contribution in [0.2, 0.25) is 0 Å². The lowest BCUT2D eigenvalue weighted by molar-refractivity contribution is 0.326. The number of hydrogen-bond donors (Lipinski definition) is 0. The zero-order valence-electron chi connectivity index (χ0n) is 18.8. The van der Waals surface area contributed by atoms with Gasteiger partial charge in [-0.15, -0.1) is 0 Å². The number of nitrogens with zero attached hydrogens (tertiary/aromatic N) is 2. The molecule has 0 unspecified atom stereocenters. The highest BCUT2D eigenvalue weighted by Crippen LogP contribution is 2.42. The summed E-state index contributed by atoms with van der Waals surface area (Å²) in [5.41, 5.74) is 1.90. The Kier molecular flexibility index (Phi) is 6.74. The Morgan fingerprint density at radius 1 is 0.818 bits per heavy atom. The Hall–Kier alpha value is -3.65. The van der Waals surface area contributed by atoms with Crippen LogP contribution in [0.25, 0.3) is 16.6 Å². The van der Waals surface area contributed by atoms with Crippen LogP contribution in [0.5, 0.6) is 23.0 Å².